The van der Waals surface area contributed by atoms with Crippen LogP contribution in [0.3, 0.4) is 0 Å². The number of halogens is 2. The Morgan fingerprint density at radius 1 is 1.40 bits per heavy atom. The van der Waals surface area contributed by atoms with Crippen LogP contribution in [-0.4, -0.2) is 20.9 Å². The van der Waals surface area contributed by atoms with Gasteiger partial charge in [-0.05, 0) is 12.1 Å². The second-order valence-corrected chi connectivity index (χ2v) is 5.90. The topological polar surface area (TPSA) is 55.1 Å². The average Bonchev–Trinajstić information content (AvgIpc) is 2.77. The summed E-state index contributed by atoms with van der Waals surface area (Å²) in [6.07, 6.45) is 1.38. The molecule has 4 nitrogen and oxygen atoms in total. The molecule has 106 valence electrons. The molecule has 1 aromatic carbocycles. The Hall–Kier alpha value is -1.88. The van der Waals surface area contributed by atoms with Gasteiger partial charge < -0.3 is 5.11 Å². The van der Waals surface area contributed by atoms with E-state index in [1.807, 2.05) is 20.8 Å². The van der Waals surface area contributed by atoms with Gasteiger partial charge in [-0.3, -0.25) is 0 Å². The van der Waals surface area contributed by atoms with Crippen molar-refractivity contribution in [1.82, 2.24) is 9.78 Å². The average molecular weight is 297 g/mol. The highest BCUT2D eigenvalue weighted by Crippen LogP contribution is 2.26. The molecule has 20 heavy (non-hydrogen) atoms. The molecule has 0 bridgehead atoms. The zero-order chi connectivity index (χ0) is 15.1. The lowest BCUT2D eigenvalue weighted by atomic mass is 9.90. The van der Waals surface area contributed by atoms with Crippen LogP contribution in [-0.2, 0) is 5.41 Å². The van der Waals surface area contributed by atoms with Crippen molar-refractivity contribution in [1.29, 1.82) is 0 Å². The highest BCUT2D eigenvalue weighted by Gasteiger charge is 2.26. The molecule has 1 heterocycles. The van der Waals surface area contributed by atoms with Gasteiger partial charge in [0.15, 0.2) is 0 Å². The summed E-state index contributed by atoms with van der Waals surface area (Å²) in [6.45, 7) is 5.61. The number of benzene rings is 1. The normalized spacial score (nSPS) is 11.7. The maximum absolute atomic E-state index is 13.5. The fourth-order valence-corrected chi connectivity index (χ4v) is 1.96. The lowest BCUT2D eigenvalue weighted by Crippen LogP contribution is -2.16. The van der Waals surface area contributed by atoms with Crippen molar-refractivity contribution in [3.63, 3.8) is 0 Å². The fraction of sp³-hybridized carbons (Fsp3) is 0.286. The fourth-order valence-electron chi connectivity index (χ4n) is 1.84. The summed E-state index contributed by atoms with van der Waals surface area (Å²) in [7, 11) is 0. The van der Waals surface area contributed by atoms with Crippen LogP contribution in [0.25, 0.3) is 5.69 Å². The van der Waals surface area contributed by atoms with Gasteiger partial charge in [-0.15, -0.1) is 0 Å². The first-order valence-electron chi connectivity index (χ1n) is 5.99. The van der Waals surface area contributed by atoms with Gasteiger partial charge in [-0.2, -0.15) is 5.10 Å². The Morgan fingerprint density at radius 2 is 2.05 bits per heavy atom. The van der Waals surface area contributed by atoms with E-state index in [0.29, 0.717) is 11.4 Å². The van der Waals surface area contributed by atoms with Gasteiger partial charge in [0.1, 0.15) is 11.4 Å². The third-order valence-corrected chi connectivity index (χ3v) is 3.13. The molecule has 0 radical (unpaired) electrons. The van der Waals surface area contributed by atoms with Crippen molar-refractivity contribution in [3.05, 3.63) is 46.5 Å². The zero-order valence-electron chi connectivity index (χ0n) is 11.3. The van der Waals surface area contributed by atoms with E-state index in [4.69, 9.17) is 11.6 Å². The number of rotatable bonds is 2. The van der Waals surface area contributed by atoms with Gasteiger partial charge in [-0.25, -0.2) is 13.9 Å². The monoisotopic (exact) mass is 296 g/mol. The molecule has 0 saturated carbocycles. The summed E-state index contributed by atoms with van der Waals surface area (Å²) >= 11 is 5.63. The number of aromatic carboxylic acids is 1. The Balaban J connectivity index is 2.58. The van der Waals surface area contributed by atoms with Crippen LogP contribution in [0.2, 0.25) is 5.02 Å². The molecule has 0 saturated heterocycles. The molecule has 1 aromatic heterocycles. The molecule has 0 spiro atoms. The summed E-state index contributed by atoms with van der Waals surface area (Å²) in [5, 5.41) is 13.5. The second kappa shape index (κ2) is 4.90. The van der Waals surface area contributed by atoms with Crippen molar-refractivity contribution in [2.75, 3.05) is 0 Å². The molecule has 1 N–H and O–H groups in total. The molecular weight excluding hydrogens is 283 g/mol. The second-order valence-electron chi connectivity index (χ2n) is 5.49. The summed E-state index contributed by atoms with van der Waals surface area (Å²) in [5.74, 6) is -1.63. The standard InChI is InChI=1S/C14H14ClFN2O2/c1-14(2,3)12-9(13(19)20)7-18(17-12)8-4-5-10(15)11(16)6-8/h4-7H,1-3H3,(H,19,20). The van der Waals surface area contributed by atoms with Crippen LogP contribution in [0, 0.1) is 5.82 Å². The molecule has 0 amide bonds. The van der Waals surface area contributed by atoms with Gasteiger partial charge in [0.2, 0.25) is 0 Å². The number of hydrogen-bond donors (Lipinski definition) is 1. The van der Waals surface area contributed by atoms with Crippen LogP contribution < -0.4 is 0 Å². The SMILES string of the molecule is CC(C)(C)c1nn(-c2ccc(Cl)c(F)c2)cc1C(=O)O. The predicted octanol–water partition coefficient (Wildman–Crippen LogP) is 3.66. The number of carboxylic acid groups (broad SMARTS) is 1. The van der Waals surface area contributed by atoms with Crippen LogP contribution in [0.5, 0.6) is 0 Å². The first-order chi connectivity index (χ1) is 9.20. The summed E-state index contributed by atoms with van der Waals surface area (Å²) < 4.78 is 14.8. The van der Waals surface area contributed by atoms with E-state index in [1.54, 1.807) is 6.07 Å². The van der Waals surface area contributed by atoms with Gasteiger partial charge in [0.05, 0.1) is 16.4 Å². The molecular formula is C14H14ClFN2O2. The van der Waals surface area contributed by atoms with Crippen LogP contribution in [0.1, 0.15) is 36.8 Å². The lowest BCUT2D eigenvalue weighted by Gasteiger charge is -2.15. The molecule has 0 aliphatic rings. The van der Waals surface area contributed by atoms with Crippen molar-refractivity contribution in [2.24, 2.45) is 0 Å². The number of carbonyl (C=O) groups is 1. The van der Waals surface area contributed by atoms with Gasteiger partial charge in [0, 0.05) is 17.7 Å². The highest BCUT2D eigenvalue weighted by molar-refractivity contribution is 6.30. The predicted molar refractivity (Wildman–Crippen MR) is 74.2 cm³/mol. The number of carboxylic acids is 1. The lowest BCUT2D eigenvalue weighted by molar-refractivity contribution is 0.0694. The summed E-state index contributed by atoms with van der Waals surface area (Å²) in [5.41, 5.74) is 0.544. The highest BCUT2D eigenvalue weighted by atomic mass is 35.5. The molecule has 0 fully saturated rings. The Bertz CT molecular complexity index is 674. The minimum Gasteiger partial charge on any atom is -0.478 e. The quantitative estimate of drug-likeness (QED) is 0.920. The molecule has 0 unspecified atom stereocenters. The van der Waals surface area contributed by atoms with Crippen molar-refractivity contribution >= 4 is 17.6 Å². The Labute approximate surface area is 120 Å². The third kappa shape index (κ3) is 2.67. The van der Waals surface area contributed by atoms with Crippen LogP contribution >= 0.6 is 11.6 Å². The molecule has 0 aliphatic carbocycles. The molecule has 0 aliphatic heterocycles. The molecule has 2 rings (SSSR count). The van der Waals surface area contributed by atoms with E-state index in [2.05, 4.69) is 5.10 Å². The maximum Gasteiger partial charge on any atom is 0.339 e. The number of nitrogens with zero attached hydrogens (tertiary/aromatic N) is 2. The van der Waals surface area contributed by atoms with E-state index < -0.39 is 17.2 Å². The summed E-state index contributed by atoms with van der Waals surface area (Å²) in [6, 6.07) is 4.20. The Morgan fingerprint density at radius 3 is 2.50 bits per heavy atom. The minimum absolute atomic E-state index is 0.00964. The van der Waals surface area contributed by atoms with E-state index in [9.17, 15) is 14.3 Å². The van der Waals surface area contributed by atoms with Crippen LogP contribution in [0.4, 0.5) is 4.39 Å². The maximum atomic E-state index is 13.5. The van der Waals surface area contributed by atoms with Crippen LogP contribution in [0.15, 0.2) is 24.4 Å². The third-order valence-electron chi connectivity index (χ3n) is 2.82. The van der Waals surface area contributed by atoms with Gasteiger partial charge >= 0.3 is 5.97 Å². The van der Waals surface area contributed by atoms with Crippen molar-refractivity contribution in [2.45, 2.75) is 26.2 Å². The van der Waals surface area contributed by atoms with Gasteiger partial charge in [-0.1, -0.05) is 32.4 Å². The Kier molecular flexibility index (Phi) is 3.56. The smallest absolute Gasteiger partial charge is 0.339 e. The first-order valence-corrected chi connectivity index (χ1v) is 6.37. The van der Waals surface area contributed by atoms with E-state index >= 15 is 0 Å². The molecule has 6 heteroatoms. The first kappa shape index (κ1) is 14.5. The molecule has 0 atom stereocenters. The minimum atomic E-state index is -1.06. The van der Waals surface area contributed by atoms with E-state index in [0.717, 1.165) is 0 Å². The molecule has 2 aromatic rings. The van der Waals surface area contributed by atoms with E-state index in [1.165, 1.54) is 23.0 Å². The largest absolute Gasteiger partial charge is 0.478 e. The zero-order valence-corrected chi connectivity index (χ0v) is 12.1. The van der Waals surface area contributed by atoms with Crippen molar-refractivity contribution < 1.29 is 14.3 Å². The van der Waals surface area contributed by atoms with Gasteiger partial charge in [0.25, 0.3) is 0 Å². The van der Waals surface area contributed by atoms with E-state index in [-0.39, 0.29) is 10.6 Å². The van der Waals surface area contributed by atoms with Crippen molar-refractivity contribution in [3.8, 4) is 5.69 Å². The summed E-state index contributed by atoms with van der Waals surface area (Å²) in [4.78, 5) is 11.3. The number of aromatic nitrogens is 2. The number of hydrogen-bond acceptors (Lipinski definition) is 2.